The summed E-state index contributed by atoms with van der Waals surface area (Å²) in [5.74, 6) is -0.631. The molecule has 1 amide bonds. The number of benzene rings is 3. The molecule has 0 unspecified atom stereocenters. The van der Waals surface area contributed by atoms with Crippen molar-refractivity contribution in [3.05, 3.63) is 119 Å². The van der Waals surface area contributed by atoms with Crippen LogP contribution in [0.3, 0.4) is 0 Å². The Morgan fingerprint density at radius 2 is 1.62 bits per heavy atom. The summed E-state index contributed by atoms with van der Waals surface area (Å²) in [7, 11) is -4.12. The standard InChI is InChI=1S/C26H24N2O3S/c1-3-17-28-23-12-8-7-11-22(23)24(21-9-5-4-6-10-21)25(32(28,30)31)26(29)27-18-20-15-13-19(2)14-16-20/h3-16H,1,17-18H2,2H3,(H,27,29). The van der Waals surface area contributed by atoms with E-state index in [0.717, 1.165) is 11.1 Å². The van der Waals surface area contributed by atoms with Crippen molar-refractivity contribution in [2.24, 2.45) is 0 Å². The van der Waals surface area contributed by atoms with E-state index in [0.29, 0.717) is 22.4 Å². The Morgan fingerprint density at radius 3 is 2.31 bits per heavy atom. The van der Waals surface area contributed by atoms with Gasteiger partial charge in [-0.05, 0) is 24.1 Å². The van der Waals surface area contributed by atoms with Crippen LogP contribution in [0.1, 0.15) is 22.3 Å². The van der Waals surface area contributed by atoms with Gasteiger partial charge in [-0.25, -0.2) is 8.42 Å². The number of nitrogens with one attached hydrogen (secondary N) is 1. The van der Waals surface area contributed by atoms with Gasteiger partial charge in [0.1, 0.15) is 0 Å². The van der Waals surface area contributed by atoms with Crippen molar-refractivity contribution in [1.82, 2.24) is 5.32 Å². The number of anilines is 1. The molecule has 0 bridgehead atoms. The third-order valence-corrected chi connectivity index (χ3v) is 7.19. The second-order valence-electron chi connectivity index (χ2n) is 7.58. The van der Waals surface area contributed by atoms with Crippen LogP contribution in [0, 0.1) is 6.92 Å². The minimum absolute atomic E-state index is 0.0656. The van der Waals surface area contributed by atoms with Gasteiger partial charge in [0, 0.05) is 17.7 Å². The number of sulfonamides is 1. The maximum Gasteiger partial charge on any atom is 0.270 e. The zero-order valence-electron chi connectivity index (χ0n) is 17.8. The van der Waals surface area contributed by atoms with Gasteiger partial charge in [0.2, 0.25) is 0 Å². The van der Waals surface area contributed by atoms with E-state index >= 15 is 0 Å². The number of para-hydroxylation sites is 1. The monoisotopic (exact) mass is 444 g/mol. The lowest BCUT2D eigenvalue weighted by Gasteiger charge is -2.32. The van der Waals surface area contributed by atoms with Gasteiger partial charge in [0.25, 0.3) is 15.9 Å². The Kier molecular flexibility index (Phi) is 5.97. The van der Waals surface area contributed by atoms with E-state index in [2.05, 4.69) is 11.9 Å². The molecule has 6 heteroatoms. The van der Waals surface area contributed by atoms with Gasteiger partial charge in [-0.3, -0.25) is 9.10 Å². The fourth-order valence-electron chi connectivity index (χ4n) is 3.80. The first-order valence-corrected chi connectivity index (χ1v) is 11.7. The van der Waals surface area contributed by atoms with Gasteiger partial charge < -0.3 is 5.32 Å². The Balaban J connectivity index is 1.87. The molecule has 5 nitrogen and oxygen atoms in total. The molecule has 0 saturated heterocycles. The molecule has 0 radical (unpaired) electrons. The zero-order chi connectivity index (χ0) is 22.7. The summed E-state index contributed by atoms with van der Waals surface area (Å²) in [6, 6.07) is 24.1. The zero-order valence-corrected chi connectivity index (χ0v) is 18.6. The first-order valence-electron chi connectivity index (χ1n) is 10.3. The highest BCUT2D eigenvalue weighted by atomic mass is 32.2. The van der Waals surface area contributed by atoms with Crippen LogP contribution in [0.4, 0.5) is 5.69 Å². The van der Waals surface area contributed by atoms with Crippen molar-refractivity contribution in [3.8, 4) is 0 Å². The highest BCUT2D eigenvalue weighted by molar-refractivity contribution is 7.97. The number of nitrogens with zero attached hydrogens (tertiary/aromatic N) is 1. The molecule has 0 atom stereocenters. The first-order chi connectivity index (χ1) is 15.4. The second-order valence-corrected chi connectivity index (χ2v) is 9.38. The fraction of sp³-hybridized carbons (Fsp3) is 0.115. The molecule has 1 aliphatic heterocycles. The number of fused-ring (bicyclic) bond motifs is 1. The SMILES string of the molecule is C=CCN1c2ccccc2C(c2ccccc2)=C(C(=O)NCc2ccc(C)cc2)S1(=O)=O. The van der Waals surface area contributed by atoms with Crippen molar-refractivity contribution in [1.29, 1.82) is 0 Å². The van der Waals surface area contributed by atoms with Gasteiger partial charge in [-0.1, -0.05) is 84.4 Å². The minimum Gasteiger partial charge on any atom is -0.347 e. The van der Waals surface area contributed by atoms with Crippen LogP contribution in [0.15, 0.2) is 96.4 Å². The fourth-order valence-corrected chi connectivity index (χ4v) is 5.53. The largest absolute Gasteiger partial charge is 0.347 e. The predicted octanol–water partition coefficient (Wildman–Crippen LogP) is 4.41. The Labute approximate surface area is 188 Å². The maximum absolute atomic E-state index is 13.7. The van der Waals surface area contributed by atoms with E-state index in [4.69, 9.17) is 0 Å². The van der Waals surface area contributed by atoms with E-state index < -0.39 is 15.9 Å². The highest BCUT2D eigenvalue weighted by Gasteiger charge is 2.40. The number of aryl methyl sites for hydroxylation is 1. The predicted molar refractivity (Wildman–Crippen MR) is 128 cm³/mol. The highest BCUT2D eigenvalue weighted by Crippen LogP contribution is 2.42. The van der Waals surface area contributed by atoms with E-state index in [1.807, 2.05) is 73.7 Å². The molecule has 32 heavy (non-hydrogen) atoms. The lowest BCUT2D eigenvalue weighted by Crippen LogP contribution is -2.41. The van der Waals surface area contributed by atoms with Crippen molar-refractivity contribution in [3.63, 3.8) is 0 Å². The van der Waals surface area contributed by atoms with Crippen LogP contribution in [0.5, 0.6) is 0 Å². The smallest absolute Gasteiger partial charge is 0.270 e. The second kappa shape index (κ2) is 8.85. The Bertz CT molecular complexity index is 1290. The third-order valence-electron chi connectivity index (χ3n) is 5.35. The molecule has 3 aromatic rings. The Hall–Kier alpha value is -3.64. The molecule has 0 spiro atoms. The summed E-state index contributed by atoms with van der Waals surface area (Å²) < 4.78 is 28.7. The van der Waals surface area contributed by atoms with Crippen LogP contribution in [0.25, 0.3) is 5.57 Å². The van der Waals surface area contributed by atoms with Crippen molar-refractivity contribution >= 4 is 27.2 Å². The molecular weight excluding hydrogens is 420 g/mol. The van der Waals surface area contributed by atoms with E-state index in [1.165, 1.54) is 10.4 Å². The Morgan fingerprint density at radius 1 is 0.969 bits per heavy atom. The average Bonchev–Trinajstić information content (AvgIpc) is 2.80. The van der Waals surface area contributed by atoms with Crippen molar-refractivity contribution < 1.29 is 13.2 Å². The van der Waals surface area contributed by atoms with Crippen LogP contribution in [-0.2, 0) is 21.4 Å². The van der Waals surface area contributed by atoms with Gasteiger partial charge in [-0.15, -0.1) is 6.58 Å². The lowest BCUT2D eigenvalue weighted by atomic mass is 9.95. The third kappa shape index (κ3) is 3.97. The molecule has 0 saturated carbocycles. The molecule has 4 rings (SSSR count). The summed E-state index contributed by atoms with van der Waals surface area (Å²) in [5.41, 5.74) is 4.30. The van der Waals surface area contributed by atoms with Crippen LogP contribution in [-0.4, -0.2) is 20.9 Å². The van der Waals surface area contributed by atoms with Crippen LogP contribution >= 0.6 is 0 Å². The van der Waals surface area contributed by atoms with E-state index in [-0.39, 0.29) is 18.0 Å². The van der Waals surface area contributed by atoms with Gasteiger partial charge in [-0.2, -0.15) is 0 Å². The van der Waals surface area contributed by atoms with Crippen LogP contribution < -0.4 is 9.62 Å². The van der Waals surface area contributed by atoms with Gasteiger partial charge >= 0.3 is 0 Å². The molecule has 162 valence electrons. The normalized spacial score (nSPS) is 14.6. The van der Waals surface area contributed by atoms with Crippen molar-refractivity contribution in [2.45, 2.75) is 13.5 Å². The number of carbonyl (C=O) groups is 1. The molecule has 1 N–H and O–H groups in total. The van der Waals surface area contributed by atoms with Gasteiger partial charge in [0.05, 0.1) is 12.2 Å². The average molecular weight is 445 g/mol. The molecule has 1 heterocycles. The molecule has 0 fully saturated rings. The summed E-state index contributed by atoms with van der Waals surface area (Å²) in [4.78, 5) is 13.1. The number of rotatable bonds is 6. The van der Waals surface area contributed by atoms with E-state index in [9.17, 15) is 13.2 Å². The summed E-state index contributed by atoms with van der Waals surface area (Å²) in [5, 5.41) is 2.81. The van der Waals surface area contributed by atoms with Crippen molar-refractivity contribution in [2.75, 3.05) is 10.8 Å². The minimum atomic E-state index is -4.12. The van der Waals surface area contributed by atoms with Crippen LogP contribution in [0.2, 0.25) is 0 Å². The summed E-state index contributed by atoms with van der Waals surface area (Å²) in [6.45, 7) is 5.98. The summed E-state index contributed by atoms with van der Waals surface area (Å²) >= 11 is 0. The van der Waals surface area contributed by atoms with Gasteiger partial charge in [0.15, 0.2) is 4.91 Å². The number of hydrogen-bond acceptors (Lipinski definition) is 3. The topological polar surface area (TPSA) is 66.5 Å². The van der Waals surface area contributed by atoms with E-state index in [1.54, 1.807) is 12.1 Å². The number of carbonyl (C=O) groups excluding carboxylic acids is 1. The number of hydrogen-bond donors (Lipinski definition) is 1. The molecule has 1 aliphatic rings. The summed E-state index contributed by atoms with van der Waals surface area (Å²) in [6.07, 6.45) is 1.52. The first kappa shape index (κ1) is 21.6. The quantitative estimate of drug-likeness (QED) is 0.573. The number of amides is 1. The molecule has 0 aromatic heterocycles. The maximum atomic E-state index is 13.7. The molecular formula is C26H24N2O3S. The molecule has 3 aromatic carbocycles. The molecule has 0 aliphatic carbocycles. The lowest BCUT2D eigenvalue weighted by molar-refractivity contribution is -0.116.